The van der Waals surface area contributed by atoms with Crippen molar-refractivity contribution in [1.82, 2.24) is 15.2 Å². The molecule has 0 radical (unpaired) electrons. The first kappa shape index (κ1) is 22.1. The van der Waals surface area contributed by atoms with Gasteiger partial charge in [-0.1, -0.05) is 36.7 Å². The van der Waals surface area contributed by atoms with Crippen LogP contribution in [0.15, 0.2) is 52.4 Å². The maximum Gasteiger partial charge on any atom is 0.220 e. The third kappa shape index (κ3) is 5.76. The number of hydrogen-bond acceptors (Lipinski definition) is 5. The molecule has 164 valence electrons. The van der Waals surface area contributed by atoms with Gasteiger partial charge in [-0.15, -0.1) is 11.3 Å². The molecule has 1 aliphatic heterocycles. The topological polar surface area (TPSA) is 58.4 Å². The van der Waals surface area contributed by atoms with Gasteiger partial charge in [0.25, 0.3) is 0 Å². The molecule has 5 nitrogen and oxygen atoms in total. The summed E-state index contributed by atoms with van der Waals surface area (Å²) in [5, 5.41) is 5.86. The number of aryl methyl sites for hydroxylation is 1. The van der Waals surface area contributed by atoms with Crippen molar-refractivity contribution in [3.8, 4) is 11.3 Å². The average Bonchev–Trinajstić information content (AvgIpc) is 3.46. The predicted molar refractivity (Wildman–Crippen MR) is 125 cm³/mol. The summed E-state index contributed by atoms with van der Waals surface area (Å²) in [6, 6.07) is 12.0. The first-order valence-electron chi connectivity index (χ1n) is 10.8. The number of oxazole rings is 1. The quantitative estimate of drug-likeness (QED) is 0.479. The summed E-state index contributed by atoms with van der Waals surface area (Å²) in [6.45, 7) is 5.12. The molecule has 0 saturated carbocycles. The number of carbonyl (C=O) groups excluding carboxylic acids is 1. The third-order valence-electron chi connectivity index (χ3n) is 5.88. The molecule has 1 atom stereocenters. The molecule has 1 saturated heterocycles. The molecule has 2 aromatic heterocycles. The molecular formula is C24H28ClN3O2S. The van der Waals surface area contributed by atoms with Crippen LogP contribution in [0.25, 0.3) is 11.3 Å². The average molecular weight is 458 g/mol. The zero-order valence-electron chi connectivity index (χ0n) is 17.7. The van der Waals surface area contributed by atoms with Gasteiger partial charge in [-0.25, -0.2) is 4.98 Å². The highest BCUT2D eigenvalue weighted by Crippen LogP contribution is 2.30. The van der Waals surface area contributed by atoms with Crippen molar-refractivity contribution in [2.45, 2.75) is 38.6 Å². The van der Waals surface area contributed by atoms with Crippen LogP contribution in [0.5, 0.6) is 0 Å². The molecule has 1 fully saturated rings. The van der Waals surface area contributed by atoms with E-state index in [0.29, 0.717) is 36.1 Å². The van der Waals surface area contributed by atoms with Crippen LogP contribution in [0.3, 0.4) is 0 Å². The summed E-state index contributed by atoms with van der Waals surface area (Å²) >= 11 is 7.99. The Kier molecular flexibility index (Phi) is 7.43. The van der Waals surface area contributed by atoms with Crippen LogP contribution in [0.4, 0.5) is 0 Å². The number of rotatable bonds is 8. The second-order valence-corrected chi connectivity index (χ2v) is 9.54. The van der Waals surface area contributed by atoms with Crippen LogP contribution >= 0.6 is 22.9 Å². The smallest absolute Gasteiger partial charge is 0.220 e. The largest absolute Gasteiger partial charge is 0.441 e. The van der Waals surface area contributed by atoms with Gasteiger partial charge in [-0.3, -0.25) is 9.69 Å². The zero-order valence-corrected chi connectivity index (χ0v) is 19.3. The van der Waals surface area contributed by atoms with Gasteiger partial charge < -0.3 is 9.73 Å². The molecule has 4 rings (SSSR count). The van der Waals surface area contributed by atoms with Crippen molar-refractivity contribution >= 4 is 28.8 Å². The summed E-state index contributed by atoms with van der Waals surface area (Å²) in [5.74, 6) is 1.97. The van der Waals surface area contributed by atoms with E-state index in [4.69, 9.17) is 16.0 Å². The maximum absolute atomic E-state index is 12.5. The zero-order chi connectivity index (χ0) is 21.6. The fourth-order valence-corrected chi connectivity index (χ4v) is 5.05. The van der Waals surface area contributed by atoms with Gasteiger partial charge in [0.2, 0.25) is 5.91 Å². The standard InChI is InChI=1S/C24H28ClN3O2S/c1-17-10-12-28(13-11-17)20(22-7-4-14-31-22)15-26-23(29)8-9-24-27-16-21(30-24)18-5-2-3-6-19(18)25/h2-7,14,16-17,20H,8-13,15H2,1H3,(H,26,29). The molecule has 3 heterocycles. The predicted octanol–water partition coefficient (Wildman–Crippen LogP) is 5.58. The fourth-order valence-electron chi connectivity index (χ4n) is 3.96. The number of carbonyl (C=O) groups is 1. The van der Waals surface area contributed by atoms with E-state index >= 15 is 0 Å². The minimum absolute atomic E-state index is 0.0180. The molecule has 0 bridgehead atoms. The normalized spacial score (nSPS) is 16.3. The number of benzene rings is 1. The van der Waals surface area contributed by atoms with Gasteiger partial charge in [0.05, 0.1) is 17.3 Å². The van der Waals surface area contributed by atoms with Crippen molar-refractivity contribution in [3.63, 3.8) is 0 Å². The summed E-state index contributed by atoms with van der Waals surface area (Å²) in [7, 11) is 0. The summed E-state index contributed by atoms with van der Waals surface area (Å²) in [5.41, 5.74) is 0.807. The number of aromatic nitrogens is 1. The number of thiophene rings is 1. The first-order valence-corrected chi connectivity index (χ1v) is 12.1. The van der Waals surface area contributed by atoms with E-state index in [2.05, 4.69) is 39.6 Å². The summed E-state index contributed by atoms with van der Waals surface area (Å²) in [6.07, 6.45) is 4.90. The Morgan fingerprint density at radius 1 is 1.29 bits per heavy atom. The number of nitrogens with zero attached hydrogens (tertiary/aromatic N) is 2. The van der Waals surface area contributed by atoms with E-state index in [0.717, 1.165) is 24.6 Å². The van der Waals surface area contributed by atoms with Gasteiger partial charge >= 0.3 is 0 Å². The van der Waals surface area contributed by atoms with Crippen LogP contribution in [-0.2, 0) is 11.2 Å². The van der Waals surface area contributed by atoms with E-state index < -0.39 is 0 Å². The third-order valence-corrected chi connectivity index (χ3v) is 7.19. The van der Waals surface area contributed by atoms with E-state index in [-0.39, 0.29) is 11.9 Å². The van der Waals surface area contributed by atoms with Crippen LogP contribution in [0.1, 0.15) is 43.0 Å². The molecule has 1 aliphatic rings. The SMILES string of the molecule is CC1CCN(C(CNC(=O)CCc2ncc(-c3ccccc3Cl)o2)c2cccs2)CC1. The molecule has 0 aliphatic carbocycles. The van der Waals surface area contributed by atoms with Crippen molar-refractivity contribution in [2.75, 3.05) is 19.6 Å². The molecule has 1 aromatic carbocycles. The Morgan fingerprint density at radius 2 is 2.10 bits per heavy atom. The molecule has 1 amide bonds. The van der Waals surface area contributed by atoms with Crippen LogP contribution in [0.2, 0.25) is 5.02 Å². The summed E-state index contributed by atoms with van der Waals surface area (Å²) in [4.78, 5) is 20.7. The van der Waals surface area contributed by atoms with E-state index in [1.165, 1.54) is 17.7 Å². The van der Waals surface area contributed by atoms with Crippen molar-refractivity contribution in [2.24, 2.45) is 5.92 Å². The highest BCUT2D eigenvalue weighted by Gasteiger charge is 2.25. The lowest BCUT2D eigenvalue weighted by atomic mass is 9.97. The van der Waals surface area contributed by atoms with Gasteiger partial charge in [0, 0.05) is 29.8 Å². The molecule has 1 N–H and O–H groups in total. The van der Waals surface area contributed by atoms with E-state index in [1.54, 1.807) is 17.5 Å². The number of halogens is 1. The number of amides is 1. The van der Waals surface area contributed by atoms with Gasteiger partial charge in [0.1, 0.15) is 0 Å². The van der Waals surface area contributed by atoms with Gasteiger partial charge in [-0.2, -0.15) is 0 Å². The number of piperidine rings is 1. The monoisotopic (exact) mass is 457 g/mol. The second kappa shape index (κ2) is 10.4. The minimum atomic E-state index is 0.0180. The molecule has 31 heavy (non-hydrogen) atoms. The molecule has 7 heteroatoms. The van der Waals surface area contributed by atoms with Gasteiger partial charge in [0.15, 0.2) is 11.7 Å². The number of nitrogens with one attached hydrogen (secondary N) is 1. The lowest BCUT2D eigenvalue weighted by molar-refractivity contribution is -0.121. The highest BCUT2D eigenvalue weighted by molar-refractivity contribution is 7.10. The molecule has 3 aromatic rings. The molecule has 0 spiro atoms. The van der Waals surface area contributed by atoms with E-state index in [1.807, 2.05) is 24.3 Å². The van der Waals surface area contributed by atoms with E-state index in [9.17, 15) is 4.79 Å². The second-order valence-electron chi connectivity index (χ2n) is 8.15. The van der Waals surface area contributed by atoms with Crippen LogP contribution in [-0.4, -0.2) is 35.4 Å². The maximum atomic E-state index is 12.5. The lowest BCUT2D eigenvalue weighted by Gasteiger charge is -2.36. The van der Waals surface area contributed by atoms with Crippen molar-refractivity contribution < 1.29 is 9.21 Å². The van der Waals surface area contributed by atoms with Crippen LogP contribution < -0.4 is 5.32 Å². The fraction of sp³-hybridized carbons (Fsp3) is 0.417. The van der Waals surface area contributed by atoms with Gasteiger partial charge in [-0.05, 0) is 55.4 Å². The Balaban J connectivity index is 1.30. The Labute approximate surface area is 192 Å². The first-order chi connectivity index (χ1) is 15.1. The Morgan fingerprint density at radius 3 is 2.84 bits per heavy atom. The molecule has 1 unspecified atom stereocenters. The Hall–Kier alpha value is -2.15. The lowest BCUT2D eigenvalue weighted by Crippen LogP contribution is -2.41. The minimum Gasteiger partial charge on any atom is -0.441 e. The van der Waals surface area contributed by atoms with Crippen molar-refractivity contribution in [3.05, 3.63) is 63.8 Å². The highest BCUT2D eigenvalue weighted by atomic mass is 35.5. The number of likely N-dealkylation sites (tertiary alicyclic amines) is 1. The Bertz CT molecular complexity index is 980. The van der Waals surface area contributed by atoms with Crippen LogP contribution in [0, 0.1) is 5.92 Å². The number of hydrogen-bond donors (Lipinski definition) is 1. The summed E-state index contributed by atoms with van der Waals surface area (Å²) < 4.78 is 5.81. The van der Waals surface area contributed by atoms with Crippen molar-refractivity contribution in [1.29, 1.82) is 0 Å². The molecular weight excluding hydrogens is 430 g/mol.